The predicted octanol–water partition coefficient (Wildman–Crippen LogP) is 5.04. The summed E-state index contributed by atoms with van der Waals surface area (Å²) in [6.07, 6.45) is 9.29. The Bertz CT molecular complexity index is 319. The van der Waals surface area contributed by atoms with Crippen LogP contribution in [0.2, 0.25) is 0 Å². The molecule has 130 valence electrons. The molecule has 0 bridgehead atoms. The van der Waals surface area contributed by atoms with Crippen LogP contribution in [0.1, 0.15) is 79.6 Å². The van der Waals surface area contributed by atoms with Gasteiger partial charge in [-0.25, -0.2) is 0 Å². The van der Waals surface area contributed by atoms with Crippen molar-refractivity contribution in [1.82, 2.24) is 0 Å². The van der Waals surface area contributed by atoms with E-state index in [-0.39, 0.29) is 11.5 Å². The van der Waals surface area contributed by atoms with Crippen molar-refractivity contribution in [3.05, 3.63) is 0 Å². The molecule has 2 rings (SSSR count). The lowest BCUT2D eigenvalue weighted by Crippen LogP contribution is -2.37. The summed E-state index contributed by atoms with van der Waals surface area (Å²) in [4.78, 5) is 0. The number of aliphatic hydroxyl groups excluding tert-OH is 1. The minimum Gasteiger partial charge on any atom is -0.393 e. The first kappa shape index (κ1) is 18.3. The van der Waals surface area contributed by atoms with Crippen LogP contribution in [0.15, 0.2) is 0 Å². The van der Waals surface area contributed by atoms with Crippen LogP contribution in [0, 0.1) is 29.1 Å². The summed E-state index contributed by atoms with van der Waals surface area (Å²) in [5, 5.41) is 11.0. The molecule has 2 fully saturated rings. The SMILES string of the molecule is CC(C)[C@H](C[C@H](O)C(CC1CCCCC1)C(C)(C)C)C1CO1. The largest absolute Gasteiger partial charge is 0.393 e. The zero-order valence-electron chi connectivity index (χ0n) is 15.5. The van der Waals surface area contributed by atoms with E-state index in [1.807, 2.05) is 0 Å². The van der Waals surface area contributed by atoms with Gasteiger partial charge in [0.15, 0.2) is 0 Å². The summed E-state index contributed by atoms with van der Waals surface area (Å²) in [7, 11) is 0. The summed E-state index contributed by atoms with van der Waals surface area (Å²) >= 11 is 0. The summed E-state index contributed by atoms with van der Waals surface area (Å²) in [6, 6.07) is 0. The first-order valence-electron chi connectivity index (χ1n) is 9.58. The third-order valence-electron chi connectivity index (χ3n) is 6.10. The number of hydrogen-bond acceptors (Lipinski definition) is 2. The van der Waals surface area contributed by atoms with Gasteiger partial charge in [0.05, 0.1) is 18.8 Å². The predicted molar refractivity (Wildman–Crippen MR) is 92.8 cm³/mol. The molecule has 2 nitrogen and oxygen atoms in total. The molecule has 1 heterocycles. The van der Waals surface area contributed by atoms with Gasteiger partial charge in [-0.05, 0) is 41.9 Å². The maximum absolute atomic E-state index is 11.0. The van der Waals surface area contributed by atoms with E-state index in [1.165, 1.54) is 38.5 Å². The van der Waals surface area contributed by atoms with Crippen molar-refractivity contribution in [3.63, 3.8) is 0 Å². The van der Waals surface area contributed by atoms with E-state index < -0.39 is 0 Å². The molecule has 1 aliphatic heterocycles. The maximum atomic E-state index is 11.0. The van der Waals surface area contributed by atoms with Gasteiger partial charge in [0.1, 0.15) is 0 Å². The fourth-order valence-corrected chi connectivity index (χ4v) is 4.47. The molecule has 0 aromatic rings. The molecule has 4 atom stereocenters. The number of hydrogen-bond donors (Lipinski definition) is 1. The monoisotopic (exact) mass is 310 g/mol. The quantitative estimate of drug-likeness (QED) is 0.668. The standard InChI is InChI=1S/C20H38O2/c1-14(2)16(19-13-22-19)12-18(21)17(20(3,4)5)11-15-9-7-6-8-10-15/h14-19,21H,6-13H2,1-5H3/t16-,17?,18-,19?/m0/s1. The first-order valence-corrected chi connectivity index (χ1v) is 9.58. The zero-order valence-corrected chi connectivity index (χ0v) is 15.5. The molecule has 2 aliphatic rings. The van der Waals surface area contributed by atoms with Crippen LogP contribution in [-0.4, -0.2) is 23.9 Å². The lowest BCUT2D eigenvalue weighted by Gasteiger charge is -2.39. The summed E-state index contributed by atoms with van der Waals surface area (Å²) in [5.74, 6) is 2.36. The highest BCUT2D eigenvalue weighted by atomic mass is 16.6. The van der Waals surface area contributed by atoms with Crippen LogP contribution >= 0.6 is 0 Å². The highest BCUT2D eigenvalue weighted by Gasteiger charge is 2.40. The number of aliphatic hydroxyl groups is 1. The van der Waals surface area contributed by atoms with Crippen molar-refractivity contribution >= 4 is 0 Å². The Morgan fingerprint density at radius 3 is 2.14 bits per heavy atom. The van der Waals surface area contributed by atoms with Crippen LogP contribution in [0.3, 0.4) is 0 Å². The van der Waals surface area contributed by atoms with E-state index in [4.69, 9.17) is 4.74 Å². The van der Waals surface area contributed by atoms with Gasteiger partial charge in [-0.3, -0.25) is 0 Å². The molecule has 1 saturated heterocycles. The molecule has 2 heteroatoms. The van der Waals surface area contributed by atoms with Gasteiger partial charge in [0.25, 0.3) is 0 Å². The van der Waals surface area contributed by atoms with Gasteiger partial charge < -0.3 is 9.84 Å². The summed E-state index contributed by atoms with van der Waals surface area (Å²) in [5.41, 5.74) is 0.183. The zero-order chi connectivity index (χ0) is 16.3. The topological polar surface area (TPSA) is 32.8 Å². The average Bonchev–Trinajstić information content (AvgIpc) is 3.26. The molecule has 0 aromatic heterocycles. The third-order valence-corrected chi connectivity index (χ3v) is 6.10. The number of epoxide rings is 1. The molecule has 0 aromatic carbocycles. The summed E-state index contributed by atoms with van der Waals surface area (Å²) in [6.45, 7) is 12.4. The fraction of sp³-hybridized carbons (Fsp3) is 1.00. The highest BCUT2D eigenvalue weighted by molar-refractivity contribution is 4.89. The highest BCUT2D eigenvalue weighted by Crippen LogP contribution is 2.41. The molecular formula is C20H38O2. The summed E-state index contributed by atoms with van der Waals surface area (Å²) < 4.78 is 5.54. The minimum atomic E-state index is -0.182. The smallest absolute Gasteiger partial charge is 0.0841 e. The molecule has 22 heavy (non-hydrogen) atoms. The van der Waals surface area contributed by atoms with E-state index in [0.29, 0.717) is 23.9 Å². The van der Waals surface area contributed by atoms with Gasteiger partial charge in [-0.15, -0.1) is 0 Å². The lowest BCUT2D eigenvalue weighted by atomic mass is 9.68. The molecule has 1 aliphatic carbocycles. The fourth-order valence-electron chi connectivity index (χ4n) is 4.47. The Morgan fingerprint density at radius 2 is 1.68 bits per heavy atom. The van der Waals surface area contributed by atoms with Gasteiger partial charge in [-0.2, -0.15) is 0 Å². The van der Waals surface area contributed by atoms with E-state index in [1.54, 1.807) is 0 Å². The van der Waals surface area contributed by atoms with Crippen LogP contribution < -0.4 is 0 Å². The molecule has 0 amide bonds. The Morgan fingerprint density at radius 1 is 1.09 bits per heavy atom. The number of ether oxygens (including phenoxy) is 1. The second-order valence-corrected chi connectivity index (χ2v) is 9.29. The van der Waals surface area contributed by atoms with Gasteiger partial charge in [-0.1, -0.05) is 66.7 Å². The molecule has 0 radical (unpaired) electrons. The third kappa shape index (κ3) is 5.23. The molecule has 1 N–H and O–H groups in total. The van der Waals surface area contributed by atoms with E-state index >= 15 is 0 Å². The van der Waals surface area contributed by atoms with Gasteiger partial charge in [0.2, 0.25) is 0 Å². The molecule has 0 spiro atoms. The van der Waals surface area contributed by atoms with Crippen molar-refractivity contribution in [3.8, 4) is 0 Å². The van der Waals surface area contributed by atoms with Crippen molar-refractivity contribution in [2.45, 2.75) is 91.8 Å². The Kier molecular flexibility index (Phi) is 6.36. The van der Waals surface area contributed by atoms with Crippen LogP contribution in [0.4, 0.5) is 0 Å². The minimum absolute atomic E-state index is 0.182. The maximum Gasteiger partial charge on any atom is 0.0841 e. The van der Waals surface area contributed by atoms with Crippen molar-refractivity contribution in [2.24, 2.45) is 29.1 Å². The Labute approximate surface area is 138 Å². The number of rotatable bonds is 7. The second kappa shape index (κ2) is 7.66. The van der Waals surface area contributed by atoms with Crippen LogP contribution in [0.25, 0.3) is 0 Å². The van der Waals surface area contributed by atoms with Gasteiger partial charge in [0, 0.05) is 0 Å². The van der Waals surface area contributed by atoms with Crippen LogP contribution in [0.5, 0.6) is 0 Å². The van der Waals surface area contributed by atoms with Crippen molar-refractivity contribution in [2.75, 3.05) is 6.61 Å². The first-order chi connectivity index (χ1) is 10.3. The molecule has 2 unspecified atom stereocenters. The molecular weight excluding hydrogens is 272 g/mol. The molecule has 1 saturated carbocycles. The Balaban J connectivity index is 1.97. The Hall–Kier alpha value is -0.0800. The average molecular weight is 311 g/mol. The van der Waals surface area contributed by atoms with E-state index in [0.717, 1.165) is 18.9 Å². The van der Waals surface area contributed by atoms with E-state index in [9.17, 15) is 5.11 Å². The van der Waals surface area contributed by atoms with Crippen molar-refractivity contribution in [1.29, 1.82) is 0 Å². The van der Waals surface area contributed by atoms with Crippen LogP contribution in [-0.2, 0) is 4.74 Å². The van der Waals surface area contributed by atoms with E-state index in [2.05, 4.69) is 34.6 Å². The van der Waals surface area contributed by atoms with Crippen molar-refractivity contribution < 1.29 is 9.84 Å². The van der Waals surface area contributed by atoms with Gasteiger partial charge >= 0.3 is 0 Å². The lowest BCUT2D eigenvalue weighted by molar-refractivity contribution is -0.000146. The second-order valence-electron chi connectivity index (χ2n) is 9.29. The normalized spacial score (nSPS) is 27.7.